The number of rotatable bonds is 6. The monoisotopic (exact) mass is 436 g/mol. The van der Waals surface area contributed by atoms with Crippen molar-refractivity contribution in [2.45, 2.75) is 33.2 Å². The summed E-state index contributed by atoms with van der Waals surface area (Å²) in [5.74, 6) is 0.935. The molecule has 0 radical (unpaired) electrons. The molecule has 6 nitrogen and oxygen atoms in total. The molecule has 1 aromatic heterocycles. The Morgan fingerprint density at radius 3 is 2.79 bits per heavy atom. The number of amides is 2. The van der Waals surface area contributed by atoms with E-state index in [1.807, 2.05) is 13.1 Å². The van der Waals surface area contributed by atoms with Crippen molar-refractivity contribution < 1.29 is 9.59 Å². The molecule has 1 N–H and O–H groups in total. The molecule has 1 aliphatic heterocycles. The Bertz CT molecular complexity index is 883. The van der Waals surface area contributed by atoms with E-state index in [9.17, 15) is 9.59 Å². The molecule has 0 aliphatic carbocycles. The number of imidazole rings is 1. The van der Waals surface area contributed by atoms with Crippen LogP contribution < -0.4 is 5.32 Å². The molecular weight excluding hydrogens is 411 g/mol. The number of carbonyl (C=O) groups excluding carboxylic acids is 2. The van der Waals surface area contributed by atoms with Crippen LogP contribution in [0.15, 0.2) is 30.6 Å². The highest BCUT2D eigenvalue weighted by Gasteiger charge is 2.29. The number of nitrogens with one attached hydrogen (secondary N) is 1. The maximum atomic E-state index is 12.8. The molecule has 1 saturated heterocycles. The second-order valence-corrected chi connectivity index (χ2v) is 8.51. The van der Waals surface area contributed by atoms with E-state index in [0.717, 1.165) is 25.2 Å². The number of hydrogen-bond donors (Lipinski definition) is 1. The van der Waals surface area contributed by atoms with E-state index < -0.39 is 0 Å². The fraction of sp³-hybridized carbons (Fsp3) is 0.476. The van der Waals surface area contributed by atoms with Crippen molar-refractivity contribution in [3.05, 3.63) is 52.0 Å². The minimum absolute atomic E-state index is 0.00541. The molecule has 2 aromatic rings. The summed E-state index contributed by atoms with van der Waals surface area (Å²) in [5, 5.41) is 3.82. The first-order valence-corrected chi connectivity index (χ1v) is 10.6. The third-order valence-corrected chi connectivity index (χ3v) is 6.04. The normalized spacial score (nSPS) is 17.8. The number of hydrogen-bond acceptors (Lipinski definition) is 3. The second-order valence-electron chi connectivity index (χ2n) is 7.70. The molecule has 8 heteroatoms. The maximum Gasteiger partial charge on any atom is 0.253 e. The number of halogens is 2. The van der Waals surface area contributed by atoms with Crippen LogP contribution in [0.1, 0.15) is 35.9 Å². The van der Waals surface area contributed by atoms with E-state index in [4.69, 9.17) is 23.2 Å². The zero-order valence-corrected chi connectivity index (χ0v) is 18.2. The van der Waals surface area contributed by atoms with Gasteiger partial charge in [-0.05, 0) is 43.9 Å². The molecule has 0 spiro atoms. The molecule has 2 atom stereocenters. The number of aryl methyl sites for hydroxylation is 1. The number of benzene rings is 1. The van der Waals surface area contributed by atoms with Crippen molar-refractivity contribution in [2.24, 2.45) is 11.8 Å². The Labute approximate surface area is 181 Å². The van der Waals surface area contributed by atoms with Crippen LogP contribution in [0.4, 0.5) is 0 Å². The Morgan fingerprint density at radius 2 is 2.10 bits per heavy atom. The van der Waals surface area contributed by atoms with Crippen LogP contribution in [0, 0.1) is 18.8 Å². The smallest absolute Gasteiger partial charge is 0.253 e. The fourth-order valence-electron chi connectivity index (χ4n) is 3.60. The van der Waals surface area contributed by atoms with Gasteiger partial charge in [-0.25, -0.2) is 4.98 Å². The van der Waals surface area contributed by atoms with Gasteiger partial charge in [0.15, 0.2) is 0 Å². The zero-order valence-electron chi connectivity index (χ0n) is 16.7. The summed E-state index contributed by atoms with van der Waals surface area (Å²) in [5.41, 5.74) is 0.491. The van der Waals surface area contributed by atoms with Crippen LogP contribution in [-0.2, 0) is 11.3 Å². The highest BCUT2D eigenvalue weighted by atomic mass is 35.5. The van der Waals surface area contributed by atoms with E-state index in [2.05, 4.69) is 21.8 Å². The molecule has 2 heterocycles. The van der Waals surface area contributed by atoms with Crippen molar-refractivity contribution >= 4 is 35.0 Å². The van der Waals surface area contributed by atoms with E-state index in [1.165, 1.54) is 0 Å². The molecule has 29 heavy (non-hydrogen) atoms. The van der Waals surface area contributed by atoms with Gasteiger partial charge in [0.25, 0.3) is 5.91 Å². The topological polar surface area (TPSA) is 67.2 Å². The lowest BCUT2D eigenvalue weighted by atomic mass is 9.96. The summed E-state index contributed by atoms with van der Waals surface area (Å²) in [6, 6.07) is 4.87. The van der Waals surface area contributed by atoms with Crippen molar-refractivity contribution in [3.8, 4) is 0 Å². The van der Waals surface area contributed by atoms with Crippen LogP contribution in [0.5, 0.6) is 0 Å². The SMILES string of the molecule is Cc1nccn1CC(C)CNC(=O)C1CCCN(C(=O)c2ccc(Cl)c(Cl)c2)C1. The number of carbonyl (C=O) groups is 2. The second kappa shape index (κ2) is 9.63. The first kappa shape index (κ1) is 21.7. The maximum absolute atomic E-state index is 12.8. The van der Waals surface area contributed by atoms with Gasteiger partial charge in [-0.1, -0.05) is 30.1 Å². The lowest BCUT2D eigenvalue weighted by Gasteiger charge is -2.32. The van der Waals surface area contributed by atoms with E-state index in [1.54, 1.807) is 29.3 Å². The summed E-state index contributed by atoms with van der Waals surface area (Å²) in [7, 11) is 0. The molecule has 2 amide bonds. The average Bonchev–Trinajstić information content (AvgIpc) is 3.12. The predicted octanol–water partition coefficient (Wildman–Crippen LogP) is 3.80. The molecule has 3 rings (SSSR count). The lowest BCUT2D eigenvalue weighted by Crippen LogP contribution is -2.46. The van der Waals surface area contributed by atoms with Crippen molar-refractivity contribution in [1.29, 1.82) is 0 Å². The van der Waals surface area contributed by atoms with Gasteiger partial charge in [-0.2, -0.15) is 0 Å². The molecule has 1 fully saturated rings. The Hall–Kier alpha value is -2.05. The van der Waals surface area contributed by atoms with Gasteiger partial charge in [0.2, 0.25) is 5.91 Å². The van der Waals surface area contributed by atoms with E-state index >= 15 is 0 Å². The number of likely N-dealkylation sites (tertiary alicyclic amines) is 1. The van der Waals surface area contributed by atoms with E-state index in [-0.39, 0.29) is 23.7 Å². The predicted molar refractivity (Wildman–Crippen MR) is 114 cm³/mol. The average molecular weight is 437 g/mol. The zero-order chi connectivity index (χ0) is 21.0. The third-order valence-electron chi connectivity index (χ3n) is 5.30. The van der Waals surface area contributed by atoms with Crippen LogP contribution in [0.2, 0.25) is 10.0 Å². The number of piperidine rings is 1. The Morgan fingerprint density at radius 1 is 1.31 bits per heavy atom. The number of nitrogens with zero attached hydrogens (tertiary/aromatic N) is 3. The van der Waals surface area contributed by atoms with Gasteiger partial charge in [0.05, 0.1) is 16.0 Å². The third kappa shape index (κ3) is 5.52. The fourth-order valence-corrected chi connectivity index (χ4v) is 3.90. The summed E-state index contributed by atoms with van der Waals surface area (Å²) >= 11 is 12.0. The van der Waals surface area contributed by atoms with E-state index in [0.29, 0.717) is 35.2 Å². The Balaban J connectivity index is 1.52. The van der Waals surface area contributed by atoms with Crippen LogP contribution >= 0.6 is 23.2 Å². The minimum Gasteiger partial charge on any atom is -0.355 e. The molecule has 2 unspecified atom stereocenters. The summed E-state index contributed by atoms with van der Waals surface area (Å²) < 4.78 is 2.08. The Kier molecular flexibility index (Phi) is 7.19. The number of aromatic nitrogens is 2. The van der Waals surface area contributed by atoms with Crippen LogP contribution in [0.3, 0.4) is 0 Å². The van der Waals surface area contributed by atoms with Gasteiger partial charge in [-0.3, -0.25) is 9.59 Å². The summed E-state index contributed by atoms with van der Waals surface area (Å²) in [4.78, 5) is 31.4. The van der Waals surface area contributed by atoms with Gasteiger partial charge in [-0.15, -0.1) is 0 Å². The van der Waals surface area contributed by atoms with Gasteiger partial charge in [0.1, 0.15) is 5.82 Å². The molecular formula is C21H26Cl2N4O2. The molecule has 0 bridgehead atoms. The van der Waals surface area contributed by atoms with Crippen LogP contribution in [0.25, 0.3) is 0 Å². The lowest BCUT2D eigenvalue weighted by molar-refractivity contribution is -0.126. The van der Waals surface area contributed by atoms with Gasteiger partial charge in [0, 0.05) is 44.1 Å². The highest BCUT2D eigenvalue weighted by Crippen LogP contribution is 2.25. The van der Waals surface area contributed by atoms with Gasteiger partial charge >= 0.3 is 0 Å². The summed E-state index contributed by atoms with van der Waals surface area (Å²) in [6.07, 6.45) is 5.31. The van der Waals surface area contributed by atoms with Crippen molar-refractivity contribution in [1.82, 2.24) is 19.8 Å². The largest absolute Gasteiger partial charge is 0.355 e. The minimum atomic E-state index is -0.197. The molecule has 156 valence electrons. The van der Waals surface area contributed by atoms with Crippen molar-refractivity contribution in [2.75, 3.05) is 19.6 Å². The highest BCUT2D eigenvalue weighted by molar-refractivity contribution is 6.42. The quantitative estimate of drug-likeness (QED) is 0.748. The summed E-state index contributed by atoms with van der Waals surface area (Å²) in [6.45, 7) is 6.51. The first-order chi connectivity index (χ1) is 13.8. The molecule has 1 aromatic carbocycles. The first-order valence-electron chi connectivity index (χ1n) is 9.85. The van der Waals surface area contributed by atoms with Gasteiger partial charge < -0.3 is 14.8 Å². The van der Waals surface area contributed by atoms with Crippen LogP contribution in [-0.4, -0.2) is 45.9 Å². The standard InChI is InChI=1S/C21H26Cl2N4O2/c1-14(12-26-9-7-24-15(26)2)11-25-20(28)17-4-3-8-27(13-17)21(29)16-5-6-18(22)19(23)10-16/h5-7,9-10,14,17H,3-4,8,11-13H2,1-2H3,(H,25,28). The molecule has 0 saturated carbocycles. The molecule has 1 aliphatic rings. The van der Waals surface area contributed by atoms with Crippen molar-refractivity contribution in [3.63, 3.8) is 0 Å².